The van der Waals surface area contributed by atoms with Gasteiger partial charge in [0.1, 0.15) is 0 Å². The Balaban J connectivity index is 0.00000324. The summed E-state index contributed by atoms with van der Waals surface area (Å²) in [5.74, 6) is 0.623. The minimum Gasteiger partial charge on any atom is -0.382 e. The number of rotatable bonds is 7. The largest absolute Gasteiger partial charge is 0.382 e. The van der Waals surface area contributed by atoms with Gasteiger partial charge in [0.15, 0.2) is 5.96 Å². The normalized spacial score (nSPS) is 17.6. The van der Waals surface area contributed by atoms with Crippen molar-refractivity contribution in [2.45, 2.75) is 64.3 Å². The van der Waals surface area contributed by atoms with E-state index >= 15 is 0 Å². The Morgan fingerprint density at radius 2 is 1.89 bits per heavy atom. The number of aliphatic imine (C=N–C) groups is 1. The molecule has 0 saturated heterocycles. The number of guanidine groups is 1. The van der Waals surface area contributed by atoms with Gasteiger partial charge in [0.25, 0.3) is 0 Å². The molecule has 1 aliphatic carbocycles. The van der Waals surface area contributed by atoms with Gasteiger partial charge in [0.2, 0.25) is 0 Å². The Hall–Kier alpha value is -0.0400. The molecule has 3 N–H and O–H groups in total. The first-order chi connectivity index (χ1) is 8.83. The lowest BCUT2D eigenvalue weighted by Gasteiger charge is -2.16. The zero-order valence-corrected chi connectivity index (χ0v) is 14.5. The summed E-state index contributed by atoms with van der Waals surface area (Å²) < 4.78 is 5.28. The van der Waals surface area contributed by atoms with Crippen LogP contribution in [0.15, 0.2) is 4.99 Å². The second-order valence-electron chi connectivity index (χ2n) is 5.00. The third kappa shape index (κ3) is 10.4. The van der Waals surface area contributed by atoms with Crippen molar-refractivity contribution >= 4 is 29.9 Å². The number of nitrogens with zero attached hydrogens (tertiary/aromatic N) is 1. The standard InChI is InChI=1S/C14H29N3O.HI/c1-2-18-12-8-7-11-16-14(15)17-13-9-5-3-4-6-10-13;/h13H,2-12H2,1H3,(H3,15,16,17);1H. The Kier molecular flexibility index (Phi) is 12.9. The maximum absolute atomic E-state index is 5.90. The van der Waals surface area contributed by atoms with Gasteiger partial charge in [-0.1, -0.05) is 25.7 Å². The number of hydrogen-bond acceptors (Lipinski definition) is 2. The van der Waals surface area contributed by atoms with Crippen molar-refractivity contribution in [3.05, 3.63) is 0 Å². The Morgan fingerprint density at radius 3 is 2.53 bits per heavy atom. The first-order valence-corrected chi connectivity index (χ1v) is 7.47. The van der Waals surface area contributed by atoms with Crippen LogP contribution in [0, 0.1) is 0 Å². The van der Waals surface area contributed by atoms with E-state index in [0.29, 0.717) is 12.0 Å². The van der Waals surface area contributed by atoms with Crippen molar-refractivity contribution in [1.29, 1.82) is 0 Å². The van der Waals surface area contributed by atoms with Crippen LogP contribution >= 0.6 is 24.0 Å². The molecule has 1 aliphatic rings. The summed E-state index contributed by atoms with van der Waals surface area (Å²) >= 11 is 0. The van der Waals surface area contributed by atoms with Gasteiger partial charge in [0.05, 0.1) is 0 Å². The lowest BCUT2D eigenvalue weighted by Crippen LogP contribution is -2.39. The highest BCUT2D eigenvalue weighted by atomic mass is 127. The van der Waals surface area contributed by atoms with Crippen molar-refractivity contribution in [3.8, 4) is 0 Å². The predicted molar refractivity (Wildman–Crippen MR) is 92.3 cm³/mol. The predicted octanol–water partition coefficient (Wildman–Crippen LogP) is 3.05. The average molecular weight is 383 g/mol. The van der Waals surface area contributed by atoms with Gasteiger partial charge >= 0.3 is 0 Å². The van der Waals surface area contributed by atoms with E-state index in [-0.39, 0.29) is 24.0 Å². The van der Waals surface area contributed by atoms with Crippen molar-refractivity contribution in [1.82, 2.24) is 5.32 Å². The maximum Gasteiger partial charge on any atom is 0.188 e. The smallest absolute Gasteiger partial charge is 0.188 e. The summed E-state index contributed by atoms with van der Waals surface area (Å²) in [7, 11) is 0. The zero-order chi connectivity index (χ0) is 13.1. The van der Waals surface area contributed by atoms with Crippen LogP contribution < -0.4 is 11.1 Å². The summed E-state index contributed by atoms with van der Waals surface area (Å²) in [6.07, 6.45) is 9.96. The van der Waals surface area contributed by atoms with Gasteiger partial charge in [-0.15, -0.1) is 24.0 Å². The SMILES string of the molecule is CCOCCCCN=C(N)NC1CCCCCC1.I. The third-order valence-electron chi connectivity index (χ3n) is 3.39. The molecular formula is C14H30IN3O. The number of halogens is 1. The van der Waals surface area contributed by atoms with E-state index in [2.05, 4.69) is 10.3 Å². The van der Waals surface area contributed by atoms with E-state index in [0.717, 1.165) is 32.6 Å². The fourth-order valence-electron chi connectivity index (χ4n) is 2.34. The summed E-state index contributed by atoms with van der Waals surface area (Å²) in [5, 5.41) is 3.36. The lowest BCUT2D eigenvalue weighted by atomic mass is 10.1. The zero-order valence-electron chi connectivity index (χ0n) is 12.2. The highest BCUT2D eigenvalue weighted by Gasteiger charge is 2.11. The summed E-state index contributed by atoms with van der Waals surface area (Å²) in [6.45, 7) is 4.46. The quantitative estimate of drug-likeness (QED) is 0.234. The number of hydrogen-bond donors (Lipinski definition) is 2. The number of nitrogens with two attached hydrogens (primary N) is 1. The Labute approximate surface area is 135 Å². The highest BCUT2D eigenvalue weighted by Crippen LogP contribution is 2.16. The molecule has 4 nitrogen and oxygen atoms in total. The molecule has 0 aromatic heterocycles. The molecule has 0 aromatic carbocycles. The molecule has 5 heteroatoms. The molecule has 0 spiro atoms. The second kappa shape index (κ2) is 13.0. The number of nitrogens with one attached hydrogen (secondary N) is 1. The van der Waals surface area contributed by atoms with Crippen molar-refractivity contribution in [2.75, 3.05) is 19.8 Å². The van der Waals surface area contributed by atoms with Crippen molar-refractivity contribution < 1.29 is 4.74 Å². The van der Waals surface area contributed by atoms with E-state index in [1.807, 2.05) is 6.92 Å². The van der Waals surface area contributed by atoms with Crippen LogP contribution in [0.2, 0.25) is 0 Å². The van der Waals surface area contributed by atoms with E-state index < -0.39 is 0 Å². The van der Waals surface area contributed by atoms with Crippen LogP contribution in [-0.2, 0) is 4.74 Å². The molecule has 0 unspecified atom stereocenters. The molecular weight excluding hydrogens is 353 g/mol. The first-order valence-electron chi connectivity index (χ1n) is 7.47. The van der Waals surface area contributed by atoms with Crippen LogP contribution in [0.5, 0.6) is 0 Å². The molecule has 0 aromatic rings. The molecule has 1 rings (SSSR count). The fourth-order valence-corrected chi connectivity index (χ4v) is 2.34. The van der Waals surface area contributed by atoms with Gasteiger partial charge in [-0.3, -0.25) is 4.99 Å². The number of unbranched alkanes of at least 4 members (excludes halogenated alkanes) is 1. The van der Waals surface area contributed by atoms with Crippen molar-refractivity contribution in [3.63, 3.8) is 0 Å². The minimum absolute atomic E-state index is 0. The molecule has 0 aliphatic heterocycles. The summed E-state index contributed by atoms with van der Waals surface area (Å²) in [5.41, 5.74) is 5.90. The topological polar surface area (TPSA) is 59.6 Å². The van der Waals surface area contributed by atoms with E-state index in [9.17, 15) is 0 Å². The monoisotopic (exact) mass is 383 g/mol. The molecule has 1 saturated carbocycles. The van der Waals surface area contributed by atoms with E-state index in [1.54, 1.807) is 0 Å². The summed E-state index contributed by atoms with van der Waals surface area (Å²) in [6, 6.07) is 0.541. The van der Waals surface area contributed by atoms with Crippen LogP contribution in [0.1, 0.15) is 58.3 Å². The molecule has 1 fully saturated rings. The third-order valence-corrected chi connectivity index (χ3v) is 3.39. The van der Waals surface area contributed by atoms with Gasteiger partial charge in [0, 0.05) is 25.8 Å². The van der Waals surface area contributed by atoms with Gasteiger partial charge in [-0.25, -0.2) is 0 Å². The van der Waals surface area contributed by atoms with Crippen LogP contribution in [0.25, 0.3) is 0 Å². The highest BCUT2D eigenvalue weighted by molar-refractivity contribution is 14.0. The molecule has 114 valence electrons. The minimum atomic E-state index is 0. The van der Waals surface area contributed by atoms with E-state index in [4.69, 9.17) is 10.5 Å². The maximum atomic E-state index is 5.90. The lowest BCUT2D eigenvalue weighted by molar-refractivity contribution is 0.144. The number of ether oxygens (including phenoxy) is 1. The second-order valence-corrected chi connectivity index (χ2v) is 5.00. The van der Waals surface area contributed by atoms with Crippen molar-refractivity contribution in [2.24, 2.45) is 10.7 Å². The van der Waals surface area contributed by atoms with Gasteiger partial charge < -0.3 is 15.8 Å². The van der Waals surface area contributed by atoms with Gasteiger partial charge in [-0.2, -0.15) is 0 Å². The van der Waals surface area contributed by atoms with Gasteiger partial charge in [-0.05, 0) is 32.6 Å². The molecule has 0 heterocycles. The van der Waals surface area contributed by atoms with Crippen LogP contribution in [0.3, 0.4) is 0 Å². The average Bonchev–Trinajstić information content (AvgIpc) is 2.62. The van der Waals surface area contributed by atoms with Crippen LogP contribution in [-0.4, -0.2) is 31.8 Å². The fraction of sp³-hybridized carbons (Fsp3) is 0.929. The molecule has 0 amide bonds. The van der Waals surface area contributed by atoms with E-state index in [1.165, 1.54) is 38.5 Å². The molecule has 0 bridgehead atoms. The first kappa shape index (κ1) is 19.0. The summed E-state index contributed by atoms with van der Waals surface area (Å²) in [4.78, 5) is 4.37. The molecule has 0 radical (unpaired) electrons. The Bertz CT molecular complexity index is 229. The Morgan fingerprint density at radius 1 is 1.21 bits per heavy atom. The molecule has 19 heavy (non-hydrogen) atoms. The van der Waals surface area contributed by atoms with Crippen LogP contribution in [0.4, 0.5) is 0 Å². The molecule has 0 atom stereocenters.